The van der Waals surface area contributed by atoms with Crippen LogP contribution < -0.4 is 5.32 Å². The van der Waals surface area contributed by atoms with Crippen molar-refractivity contribution in [1.82, 2.24) is 10.2 Å². The molecule has 5 nitrogen and oxygen atoms in total. The van der Waals surface area contributed by atoms with Gasteiger partial charge in [-0.15, -0.1) is 0 Å². The van der Waals surface area contributed by atoms with E-state index in [2.05, 4.69) is 17.1 Å². The molecule has 2 aromatic rings. The summed E-state index contributed by atoms with van der Waals surface area (Å²) in [4.78, 5) is 15.1. The molecule has 1 aromatic carbocycles. The fourth-order valence-electron chi connectivity index (χ4n) is 4.01. The van der Waals surface area contributed by atoms with Crippen LogP contribution in [0.1, 0.15) is 35.9 Å². The Morgan fingerprint density at radius 2 is 2.13 bits per heavy atom. The highest BCUT2D eigenvalue weighted by Crippen LogP contribution is 2.32. The maximum Gasteiger partial charge on any atom is 0.251 e. The molecule has 2 atom stereocenters. The number of hydrogen-bond acceptors (Lipinski definition) is 4. The summed E-state index contributed by atoms with van der Waals surface area (Å²) >= 11 is 0. The molecule has 1 N–H and O–H groups in total. The van der Waals surface area contributed by atoms with Gasteiger partial charge in [0, 0.05) is 29.1 Å². The molecule has 0 spiro atoms. The molecule has 0 saturated carbocycles. The van der Waals surface area contributed by atoms with Gasteiger partial charge in [-0.2, -0.15) is 5.26 Å². The lowest BCUT2D eigenvalue weighted by atomic mass is 9.79. The van der Waals surface area contributed by atoms with Gasteiger partial charge < -0.3 is 9.73 Å². The standard InChI is InChI=1S/C18H19N3O2/c1-11-17(12-4-6-21(11)7-5-12)20-18(22)14-3-2-13-8-15(10-19)23-16(13)9-14/h2-3,8-9,11-12,17H,4-7H2,1H3,(H,20,22)/t11-,17+/m1/s1. The minimum Gasteiger partial charge on any atom is -0.446 e. The van der Waals surface area contributed by atoms with Crippen molar-refractivity contribution in [2.75, 3.05) is 13.1 Å². The molecule has 0 unspecified atom stereocenters. The van der Waals surface area contributed by atoms with E-state index in [4.69, 9.17) is 9.68 Å². The van der Waals surface area contributed by atoms with Gasteiger partial charge in [0.15, 0.2) is 0 Å². The van der Waals surface area contributed by atoms with E-state index in [0.717, 1.165) is 31.3 Å². The van der Waals surface area contributed by atoms with Gasteiger partial charge in [-0.05, 0) is 50.9 Å². The van der Waals surface area contributed by atoms with E-state index in [9.17, 15) is 4.79 Å². The Balaban J connectivity index is 1.56. The average molecular weight is 309 g/mol. The second-order valence-corrected chi connectivity index (χ2v) is 6.59. The zero-order valence-electron chi connectivity index (χ0n) is 13.1. The maximum absolute atomic E-state index is 12.6. The molecule has 3 aliphatic heterocycles. The van der Waals surface area contributed by atoms with Crippen LogP contribution >= 0.6 is 0 Å². The molecule has 3 saturated heterocycles. The Morgan fingerprint density at radius 1 is 1.35 bits per heavy atom. The Bertz CT molecular complexity index is 794. The summed E-state index contributed by atoms with van der Waals surface area (Å²) in [7, 11) is 0. The molecule has 1 amide bonds. The van der Waals surface area contributed by atoms with Crippen LogP contribution in [0.2, 0.25) is 0 Å². The van der Waals surface area contributed by atoms with Crippen LogP contribution in [0.3, 0.4) is 0 Å². The smallest absolute Gasteiger partial charge is 0.251 e. The van der Waals surface area contributed by atoms with Crippen LogP contribution in [0.5, 0.6) is 0 Å². The number of nitriles is 1. The molecule has 5 heteroatoms. The lowest BCUT2D eigenvalue weighted by Gasteiger charge is -2.49. The minimum atomic E-state index is -0.0626. The summed E-state index contributed by atoms with van der Waals surface area (Å²) in [5, 5.41) is 13.0. The zero-order chi connectivity index (χ0) is 16.0. The van der Waals surface area contributed by atoms with E-state index in [0.29, 0.717) is 23.1 Å². The molecule has 118 valence electrons. The van der Waals surface area contributed by atoms with E-state index < -0.39 is 0 Å². The number of carbonyl (C=O) groups excluding carboxylic acids is 1. The van der Waals surface area contributed by atoms with Crippen LogP contribution in [0.25, 0.3) is 11.0 Å². The second-order valence-electron chi connectivity index (χ2n) is 6.59. The fraction of sp³-hybridized carbons (Fsp3) is 0.444. The van der Waals surface area contributed by atoms with Gasteiger partial charge in [0.05, 0.1) is 0 Å². The molecule has 4 heterocycles. The van der Waals surface area contributed by atoms with Gasteiger partial charge in [-0.25, -0.2) is 0 Å². The van der Waals surface area contributed by atoms with Crippen LogP contribution in [-0.4, -0.2) is 36.0 Å². The van der Waals surface area contributed by atoms with Crippen LogP contribution in [0.15, 0.2) is 28.7 Å². The predicted molar refractivity (Wildman–Crippen MR) is 85.9 cm³/mol. The number of carbonyl (C=O) groups is 1. The first kappa shape index (κ1) is 14.3. The number of piperidine rings is 3. The number of fused-ring (bicyclic) bond motifs is 4. The zero-order valence-corrected chi connectivity index (χ0v) is 13.1. The normalized spacial score (nSPS) is 29.4. The van der Waals surface area contributed by atoms with E-state index in [1.165, 1.54) is 0 Å². The van der Waals surface area contributed by atoms with Crippen molar-refractivity contribution in [3.8, 4) is 6.07 Å². The second kappa shape index (κ2) is 5.39. The highest BCUT2D eigenvalue weighted by molar-refractivity contribution is 5.97. The number of rotatable bonds is 2. The summed E-state index contributed by atoms with van der Waals surface area (Å²) < 4.78 is 5.42. The number of hydrogen-bond donors (Lipinski definition) is 1. The number of furan rings is 1. The number of amides is 1. The van der Waals surface area contributed by atoms with Gasteiger partial charge >= 0.3 is 0 Å². The van der Waals surface area contributed by atoms with Crippen molar-refractivity contribution in [3.05, 3.63) is 35.6 Å². The topological polar surface area (TPSA) is 69.3 Å². The van der Waals surface area contributed by atoms with Crippen LogP contribution in [0.4, 0.5) is 0 Å². The van der Waals surface area contributed by atoms with Crippen LogP contribution in [-0.2, 0) is 0 Å². The van der Waals surface area contributed by atoms with Crippen molar-refractivity contribution < 1.29 is 9.21 Å². The van der Waals surface area contributed by atoms with Crippen molar-refractivity contribution in [3.63, 3.8) is 0 Å². The lowest BCUT2D eigenvalue weighted by molar-refractivity contribution is 0.0217. The SMILES string of the molecule is C[C@@H]1[C@H](NC(=O)c2ccc3cc(C#N)oc3c2)C2CCN1CC2. The third kappa shape index (κ3) is 2.40. The molecule has 5 rings (SSSR count). The summed E-state index contributed by atoms with van der Waals surface area (Å²) in [5.74, 6) is 0.785. The number of nitrogens with zero attached hydrogens (tertiary/aromatic N) is 2. The predicted octanol–water partition coefficient (Wildman–Crippen LogP) is 2.52. The first-order valence-corrected chi connectivity index (χ1v) is 8.14. The first-order chi connectivity index (χ1) is 11.2. The van der Waals surface area contributed by atoms with Gasteiger partial charge in [0.2, 0.25) is 5.76 Å². The van der Waals surface area contributed by atoms with Crippen molar-refractivity contribution >= 4 is 16.9 Å². The Kier molecular flexibility index (Phi) is 3.35. The highest BCUT2D eigenvalue weighted by Gasteiger charge is 2.40. The van der Waals surface area contributed by atoms with Crippen LogP contribution in [0, 0.1) is 17.2 Å². The Morgan fingerprint density at radius 3 is 2.83 bits per heavy atom. The van der Waals surface area contributed by atoms with Gasteiger partial charge in [-0.3, -0.25) is 9.69 Å². The first-order valence-electron chi connectivity index (χ1n) is 8.14. The van der Waals surface area contributed by atoms with Crippen molar-refractivity contribution in [2.45, 2.75) is 31.8 Å². The van der Waals surface area contributed by atoms with E-state index in [1.807, 2.05) is 12.1 Å². The molecule has 1 aromatic heterocycles. The Hall–Kier alpha value is -2.32. The van der Waals surface area contributed by atoms with Crippen molar-refractivity contribution in [2.24, 2.45) is 5.92 Å². The van der Waals surface area contributed by atoms with Gasteiger partial charge in [0.1, 0.15) is 11.7 Å². The number of nitrogens with one attached hydrogen (secondary N) is 1. The monoisotopic (exact) mass is 309 g/mol. The Labute approximate surface area is 134 Å². The molecule has 0 radical (unpaired) electrons. The minimum absolute atomic E-state index is 0.0626. The van der Waals surface area contributed by atoms with E-state index >= 15 is 0 Å². The largest absolute Gasteiger partial charge is 0.446 e. The molecular weight excluding hydrogens is 290 g/mol. The fourth-order valence-corrected chi connectivity index (χ4v) is 4.01. The third-order valence-corrected chi connectivity index (χ3v) is 5.37. The van der Waals surface area contributed by atoms with E-state index in [-0.39, 0.29) is 17.7 Å². The summed E-state index contributed by atoms with van der Waals surface area (Å²) in [6.45, 7) is 4.49. The molecule has 2 bridgehead atoms. The summed E-state index contributed by atoms with van der Waals surface area (Å²) in [5.41, 5.74) is 1.16. The number of benzene rings is 1. The van der Waals surface area contributed by atoms with E-state index in [1.54, 1.807) is 18.2 Å². The molecule has 3 fully saturated rings. The quantitative estimate of drug-likeness (QED) is 0.925. The average Bonchev–Trinajstić information content (AvgIpc) is 3.00. The highest BCUT2D eigenvalue weighted by atomic mass is 16.3. The maximum atomic E-state index is 12.6. The molecular formula is C18H19N3O2. The molecule has 3 aliphatic rings. The molecule has 23 heavy (non-hydrogen) atoms. The summed E-state index contributed by atoms with van der Waals surface area (Å²) in [6, 6.07) is 9.62. The summed E-state index contributed by atoms with van der Waals surface area (Å²) in [6.07, 6.45) is 2.33. The van der Waals surface area contributed by atoms with Gasteiger partial charge in [0.25, 0.3) is 5.91 Å². The molecule has 0 aliphatic carbocycles. The van der Waals surface area contributed by atoms with Gasteiger partial charge in [-0.1, -0.05) is 6.07 Å². The lowest BCUT2D eigenvalue weighted by Crippen LogP contribution is -2.62. The van der Waals surface area contributed by atoms with Crippen molar-refractivity contribution in [1.29, 1.82) is 5.26 Å². The third-order valence-electron chi connectivity index (χ3n) is 5.37.